The smallest absolute Gasteiger partial charge is 0.305 e. The summed E-state index contributed by atoms with van der Waals surface area (Å²) in [4.78, 5) is 22.3. The van der Waals surface area contributed by atoms with Crippen LogP contribution in [0.15, 0.2) is 24.3 Å². The lowest BCUT2D eigenvalue weighted by molar-refractivity contribution is -0.143. The van der Waals surface area contributed by atoms with E-state index in [-0.39, 0.29) is 11.0 Å². The number of carbonyl (C=O) groups excluding carboxylic acids is 1. The van der Waals surface area contributed by atoms with Gasteiger partial charge in [0.25, 0.3) is 0 Å². The molecule has 0 spiro atoms. The molecule has 1 atom stereocenters. The molecule has 37 heavy (non-hydrogen) atoms. The number of ether oxygens (including phenoxy) is 1. The average Bonchev–Trinajstić information content (AvgIpc) is 2.79. The average molecular weight is 556 g/mol. The summed E-state index contributed by atoms with van der Waals surface area (Å²) in [5.74, 6) is 0.220. The first-order valence-electron chi connectivity index (χ1n) is 14.1. The third-order valence-corrected chi connectivity index (χ3v) is 12.5. The summed E-state index contributed by atoms with van der Waals surface area (Å²) in [7, 11) is -5.63. The lowest BCUT2D eigenvalue weighted by atomic mass is 9.85. The summed E-state index contributed by atoms with van der Waals surface area (Å²) >= 11 is 0. The molecule has 0 amide bonds. The summed E-state index contributed by atoms with van der Waals surface area (Å²) in [6.45, 7) is 13.7. The van der Waals surface area contributed by atoms with Crippen LogP contribution in [-0.4, -0.2) is 51.2 Å². The zero-order valence-corrected chi connectivity index (χ0v) is 26.3. The Bertz CT molecular complexity index is 894. The molecule has 0 aliphatic heterocycles. The monoisotopic (exact) mass is 555 g/mol. The predicted molar refractivity (Wildman–Crippen MR) is 157 cm³/mol. The Morgan fingerprint density at radius 1 is 1.03 bits per heavy atom. The summed E-state index contributed by atoms with van der Waals surface area (Å²) in [5.41, 5.74) is 2.26. The second-order valence-electron chi connectivity index (χ2n) is 11.6. The van der Waals surface area contributed by atoms with Gasteiger partial charge in [-0.2, -0.15) is 4.31 Å². The number of unbranched alkanes of at least 4 members (excludes halogenated alkanes) is 5. The molecule has 1 N–H and O–H groups in total. The van der Waals surface area contributed by atoms with E-state index in [4.69, 9.17) is 4.74 Å². The van der Waals surface area contributed by atoms with Crippen molar-refractivity contribution in [1.82, 2.24) is 4.31 Å². The van der Waals surface area contributed by atoms with E-state index in [1.165, 1.54) is 31.1 Å². The minimum Gasteiger partial charge on any atom is -0.466 e. The Balaban J connectivity index is 2.80. The van der Waals surface area contributed by atoms with Crippen LogP contribution in [0.5, 0.6) is 0 Å². The maximum Gasteiger partial charge on any atom is 0.305 e. The fourth-order valence-corrected chi connectivity index (χ4v) is 6.09. The molecule has 214 valence electrons. The Morgan fingerprint density at radius 3 is 2.19 bits per heavy atom. The van der Waals surface area contributed by atoms with Gasteiger partial charge in [-0.05, 0) is 67.8 Å². The van der Waals surface area contributed by atoms with Crippen molar-refractivity contribution in [1.29, 1.82) is 0 Å². The lowest BCUT2D eigenvalue weighted by Crippen LogP contribution is -2.39. The highest BCUT2D eigenvalue weighted by Crippen LogP contribution is 2.45. The molecule has 1 aromatic carbocycles. The Hall–Kier alpha value is -1.22. The van der Waals surface area contributed by atoms with E-state index in [1.54, 1.807) is 11.2 Å². The quantitative estimate of drug-likeness (QED) is 0.113. The van der Waals surface area contributed by atoms with E-state index < -0.39 is 18.3 Å². The summed E-state index contributed by atoms with van der Waals surface area (Å²) in [5, 5.41) is -0.0913. The molecular weight excluding hydrogens is 502 g/mol. The number of hydrogen-bond donors (Lipinski definition) is 1. The van der Waals surface area contributed by atoms with Gasteiger partial charge in [-0.25, -0.2) is 8.42 Å². The Morgan fingerprint density at radius 2 is 1.65 bits per heavy atom. The van der Waals surface area contributed by atoms with Crippen LogP contribution in [0.2, 0.25) is 18.1 Å². The number of sulfonamides is 1. The maximum absolute atomic E-state index is 12.4. The molecule has 0 fully saturated rings. The fourth-order valence-electron chi connectivity index (χ4n) is 4.50. The zero-order valence-electron chi connectivity index (χ0n) is 24.5. The van der Waals surface area contributed by atoms with Crippen LogP contribution in [0.4, 0.5) is 0 Å². The number of esters is 1. The Labute approximate surface area is 228 Å². The molecular formula is C29H53NO5SSi. The van der Waals surface area contributed by atoms with E-state index in [2.05, 4.69) is 45.0 Å². The van der Waals surface area contributed by atoms with Crippen LogP contribution >= 0.6 is 0 Å². The van der Waals surface area contributed by atoms with Gasteiger partial charge in [0, 0.05) is 19.5 Å². The van der Waals surface area contributed by atoms with Crippen LogP contribution in [0.3, 0.4) is 0 Å². The molecule has 0 bridgehead atoms. The van der Waals surface area contributed by atoms with Gasteiger partial charge in [0.15, 0.2) is 8.32 Å². The van der Waals surface area contributed by atoms with E-state index >= 15 is 0 Å². The second-order valence-corrected chi connectivity index (χ2v) is 18.1. The van der Waals surface area contributed by atoms with E-state index in [1.807, 2.05) is 13.1 Å². The Kier molecular flexibility index (Phi) is 14.6. The van der Waals surface area contributed by atoms with Crippen molar-refractivity contribution in [3.63, 3.8) is 0 Å². The van der Waals surface area contributed by atoms with Gasteiger partial charge in [-0.3, -0.25) is 4.79 Å². The van der Waals surface area contributed by atoms with E-state index in [9.17, 15) is 18.0 Å². The van der Waals surface area contributed by atoms with Crippen molar-refractivity contribution in [2.45, 2.75) is 122 Å². The summed E-state index contributed by atoms with van der Waals surface area (Å²) in [6, 6.07) is 8.44. The van der Waals surface area contributed by atoms with Crippen LogP contribution in [0.1, 0.15) is 109 Å². The van der Waals surface area contributed by atoms with E-state index in [0.717, 1.165) is 44.1 Å². The van der Waals surface area contributed by atoms with Crippen LogP contribution in [-0.2, 0) is 26.1 Å². The fraction of sp³-hybridized carbons (Fsp3) is 0.759. The van der Waals surface area contributed by atoms with Gasteiger partial charge in [-0.1, -0.05) is 77.1 Å². The molecule has 0 aromatic heterocycles. The standard InChI is InChI=1S/C29H53NO5SSi/c1-8-10-13-16-27(23-29(3,4)37(6,7)34)26-20-18-25(19-21-26)24-30(36(5,32)33)22-15-12-11-14-17-28(31)35-9-2/h18-21,27,34H,8-17,22-24H2,1-7H3. The number of benzene rings is 1. The molecule has 6 nitrogen and oxygen atoms in total. The number of nitrogens with zero attached hydrogens (tertiary/aromatic N) is 1. The first kappa shape index (κ1) is 33.8. The molecule has 0 heterocycles. The van der Waals surface area contributed by atoms with Gasteiger partial charge in [-0.15, -0.1) is 0 Å². The van der Waals surface area contributed by atoms with Crippen LogP contribution < -0.4 is 0 Å². The third-order valence-electron chi connectivity index (χ3n) is 7.69. The van der Waals surface area contributed by atoms with Gasteiger partial charge in [0.05, 0.1) is 12.9 Å². The molecule has 0 aliphatic rings. The van der Waals surface area contributed by atoms with Gasteiger partial charge in [0.2, 0.25) is 10.0 Å². The molecule has 8 heteroatoms. The molecule has 0 radical (unpaired) electrons. The van der Waals surface area contributed by atoms with Crippen molar-refractivity contribution < 1.29 is 22.7 Å². The highest BCUT2D eigenvalue weighted by atomic mass is 32.2. The lowest BCUT2D eigenvalue weighted by Gasteiger charge is -2.38. The third kappa shape index (κ3) is 12.9. The van der Waals surface area contributed by atoms with Gasteiger partial charge in [0.1, 0.15) is 0 Å². The number of carbonyl (C=O) groups is 1. The topological polar surface area (TPSA) is 83.9 Å². The van der Waals surface area contributed by atoms with Gasteiger partial charge >= 0.3 is 5.97 Å². The summed E-state index contributed by atoms with van der Waals surface area (Å²) in [6.07, 6.45) is 10.6. The van der Waals surface area contributed by atoms with Crippen LogP contribution in [0, 0.1) is 0 Å². The zero-order chi connectivity index (χ0) is 28.1. The second kappa shape index (κ2) is 16.0. The maximum atomic E-state index is 12.4. The van der Waals surface area contributed by atoms with Gasteiger partial charge < -0.3 is 9.53 Å². The summed E-state index contributed by atoms with van der Waals surface area (Å²) < 4.78 is 31.4. The minimum atomic E-state index is -3.32. The van der Waals surface area contributed by atoms with Crippen molar-refractivity contribution >= 4 is 24.3 Å². The molecule has 1 rings (SSSR count). The first-order valence-corrected chi connectivity index (χ1v) is 18.9. The van der Waals surface area contributed by atoms with Crippen molar-refractivity contribution in [3.8, 4) is 0 Å². The van der Waals surface area contributed by atoms with Crippen molar-refractivity contribution in [2.75, 3.05) is 19.4 Å². The predicted octanol–water partition coefficient (Wildman–Crippen LogP) is 6.99. The normalized spacial score (nSPS) is 13.6. The molecule has 0 saturated carbocycles. The minimum absolute atomic E-state index is 0.0913. The largest absolute Gasteiger partial charge is 0.466 e. The van der Waals surface area contributed by atoms with E-state index in [0.29, 0.717) is 32.0 Å². The van der Waals surface area contributed by atoms with Crippen LogP contribution in [0.25, 0.3) is 0 Å². The SMILES string of the molecule is CCCCCC(CC(C)(C)[Si](C)(C)O)c1ccc(CN(CCCCCCC(=O)OCC)S(C)(=O)=O)cc1. The van der Waals surface area contributed by atoms with Crippen molar-refractivity contribution in [2.24, 2.45) is 0 Å². The number of rotatable bonds is 19. The van der Waals surface area contributed by atoms with Crippen molar-refractivity contribution in [3.05, 3.63) is 35.4 Å². The molecule has 1 unspecified atom stereocenters. The number of hydrogen-bond acceptors (Lipinski definition) is 5. The molecule has 0 saturated heterocycles. The molecule has 1 aromatic rings. The highest BCUT2D eigenvalue weighted by molar-refractivity contribution is 7.88. The highest BCUT2D eigenvalue weighted by Gasteiger charge is 2.39. The molecule has 0 aliphatic carbocycles. The first-order chi connectivity index (χ1) is 17.2.